The Hall–Kier alpha value is -1.83. The van der Waals surface area contributed by atoms with Crippen molar-refractivity contribution in [3.8, 4) is 0 Å². The summed E-state index contributed by atoms with van der Waals surface area (Å²) < 4.78 is 2.20. The molecule has 0 N–H and O–H groups in total. The Morgan fingerprint density at radius 1 is 1.21 bits per heavy atom. The van der Waals surface area contributed by atoms with Gasteiger partial charge in [0.1, 0.15) is 0 Å². The molecule has 1 aromatic heterocycles. The third-order valence-corrected chi connectivity index (χ3v) is 3.27. The Bertz CT molecular complexity index is 608. The Morgan fingerprint density at radius 2 is 2.05 bits per heavy atom. The normalized spacial score (nSPS) is 11.9. The van der Waals surface area contributed by atoms with Crippen molar-refractivity contribution in [3.63, 3.8) is 0 Å². The average molecular weight is 254 g/mol. The van der Waals surface area contributed by atoms with Crippen LogP contribution in [0.2, 0.25) is 0 Å². The number of pyridine rings is 1. The van der Waals surface area contributed by atoms with E-state index in [-0.39, 0.29) is 0 Å². The Morgan fingerprint density at radius 3 is 2.84 bits per heavy atom. The molecule has 0 radical (unpaired) electrons. The Labute approximate surface area is 115 Å². The summed E-state index contributed by atoms with van der Waals surface area (Å²) in [6.45, 7) is 7.78. The van der Waals surface area contributed by atoms with Crippen LogP contribution in [0.25, 0.3) is 10.9 Å². The first-order valence-electron chi connectivity index (χ1n) is 7.06. The highest BCUT2D eigenvalue weighted by atomic mass is 14.9. The van der Waals surface area contributed by atoms with Crippen LogP contribution in [0.15, 0.2) is 54.2 Å². The lowest BCUT2D eigenvalue weighted by atomic mass is 10.2. The van der Waals surface area contributed by atoms with Crippen LogP contribution >= 0.6 is 0 Å². The molecule has 100 valence electrons. The van der Waals surface area contributed by atoms with Crippen molar-refractivity contribution in [1.29, 1.82) is 0 Å². The van der Waals surface area contributed by atoms with E-state index in [4.69, 9.17) is 4.99 Å². The summed E-state index contributed by atoms with van der Waals surface area (Å²) in [7, 11) is 0. The van der Waals surface area contributed by atoms with Crippen molar-refractivity contribution in [2.45, 2.75) is 32.7 Å². The molecule has 0 saturated heterocycles. The molecule has 0 fully saturated rings. The molecule has 0 aliphatic rings. The molecular formula is C17H22N2. The maximum Gasteiger partial charge on any atom is 0.0682 e. The van der Waals surface area contributed by atoms with Crippen molar-refractivity contribution in [2.75, 3.05) is 6.54 Å². The van der Waals surface area contributed by atoms with Crippen LogP contribution < -0.4 is 5.36 Å². The lowest BCUT2D eigenvalue weighted by Crippen LogP contribution is -2.09. The minimum absolute atomic E-state index is 0.830. The van der Waals surface area contributed by atoms with Crippen LogP contribution in [0.5, 0.6) is 0 Å². The number of hydrogen-bond donors (Lipinski definition) is 0. The Balaban J connectivity index is 2.40. The van der Waals surface area contributed by atoms with E-state index < -0.39 is 0 Å². The quantitative estimate of drug-likeness (QED) is 0.549. The van der Waals surface area contributed by atoms with Crippen LogP contribution in [-0.4, -0.2) is 11.1 Å². The highest BCUT2D eigenvalue weighted by Gasteiger charge is 1.99. The van der Waals surface area contributed by atoms with E-state index in [2.05, 4.69) is 54.6 Å². The molecule has 0 unspecified atom stereocenters. The summed E-state index contributed by atoms with van der Waals surface area (Å²) in [5.74, 6) is 0. The fourth-order valence-electron chi connectivity index (χ4n) is 2.27. The maximum atomic E-state index is 4.73. The van der Waals surface area contributed by atoms with Gasteiger partial charge in [0.2, 0.25) is 0 Å². The summed E-state index contributed by atoms with van der Waals surface area (Å²) in [4.78, 5) is 4.73. The first-order valence-corrected chi connectivity index (χ1v) is 7.06. The summed E-state index contributed by atoms with van der Waals surface area (Å²) in [6.07, 6.45) is 7.69. The molecule has 0 amide bonds. The first kappa shape index (κ1) is 13.6. The van der Waals surface area contributed by atoms with Gasteiger partial charge in [0.05, 0.1) is 10.9 Å². The minimum atomic E-state index is 0.830. The van der Waals surface area contributed by atoms with Gasteiger partial charge >= 0.3 is 0 Å². The smallest absolute Gasteiger partial charge is 0.0682 e. The molecule has 1 heterocycles. The van der Waals surface area contributed by atoms with Gasteiger partial charge in [-0.1, -0.05) is 44.0 Å². The molecule has 0 bridgehead atoms. The van der Waals surface area contributed by atoms with Crippen LogP contribution in [0.4, 0.5) is 0 Å². The standard InChI is InChI=1S/C17H22N2/c1-3-5-8-12-18-16-11-14-19(13-4-2)17-10-7-6-9-15(16)17/h4,6-7,9-11,14H,2-3,5,8,12-13H2,1H3. The second-order valence-electron chi connectivity index (χ2n) is 4.75. The Kier molecular flexibility index (Phi) is 4.96. The molecule has 2 nitrogen and oxygen atoms in total. The monoisotopic (exact) mass is 254 g/mol. The molecule has 2 aromatic rings. The van der Waals surface area contributed by atoms with Crippen LogP contribution in [0.1, 0.15) is 26.2 Å². The zero-order valence-corrected chi connectivity index (χ0v) is 11.7. The molecular weight excluding hydrogens is 232 g/mol. The highest BCUT2D eigenvalue weighted by Crippen LogP contribution is 2.09. The zero-order valence-electron chi connectivity index (χ0n) is 11.7. The predicted octanol–water partition coefficient (Wildman–Crippen LogP) is 3.92. The number of rotatable bonds is 6. The SMILES string of the molecule is C=CCn1ccc(=NCCCCC)c2ccccc21. The number of allylic oxidation sites excluding steroid dienone is 1. The first-order chi connectivity index (χ1) is 9.36. The van der Waals surface area contributed by atoms with Gasteiger partial charge in [0.15, 0.2) is 0 Å². The van der Waals surface area contributed by atoms with Gasteiger partial charge < -0.3 is 4.57 Å². The van der Waals surface area contributed by atoms with Crippen LogP contribution in [-0.2, 0) is 6.54 Å². The molecule has 2 heteroatoms. The minimum Gasteiger partial charge on any atom is -0.344 e. The molecule has 0 aliphatic heterocycles. The van der Waals surface area contributed by atoms with E-state index in [0.29, 0.717) is 0 Å². The van der Waals surface area contributed by atoms with Crippen molar-refractivity contribution < 1.29 is 0 Å². The van der Waals surface area contributed by atoms with E-state index >= 15 is 0 Å². The summed E-state index contributed by atoms with van der Waals surface area (Å²) in [6, 6.07) is 10.5. The van der Waals surface area contributed by atoms with Gasteiger partial charge in [0.25, 0.3) is 0 Å². The van der Waals surface area contributed by atoms with Gasteiger partial charge in [-0.15, -0.1) is 6.58 Å². The lowest BCUT2D eigenvalue weighted by Gasteiger charge is -2.08. The molecule has 0 spiro atoms. The van der Waals surface area contributed by atoms with Crippen LogP contribution in [0.3, 0.4) is 0 Å². The number of hydrogen-bond acceptors (Lipinski definition) is 1. The molecule has 0 atom stereocenters. The van der Waals surface area contributed by atoms with Crippen molar-refractivity contribution >= 4 is 10.9 Å². The van der Waals surface area contributed by atoms with Gasteiger partial charge in [0, 0.05) is 24.7 Å². The lowest BCUT2D eigenvalue weighted by molar-refractivity contribution is 0.721. The number of benzene rings is 1. The second-order valence-corrected chi connectivity index (χ2v) is 4.75. The predicted molar refractivity (Wildman–Crippen MR) is 82.1 cm³/mol. The fourth-order valence-corrected chi connectivity index (χ4v) is 2.27. The van der Waals surface area contributed by atoms with E-state index in [1.165, 1.54) is 30.2 Å². The van der Waals surface area contributed by atoms with E-state index in [1.807, 2.05) is 6.08 Å². The highest BCUT2D eigenvalue weighted by molar-refractivity contribution is 5.78. The number of nitrogens with zero attached hydrogens (tertiary/aromatic N) is 2. The zero-order chi connectivity index (χ0) is 13.5. The van der Waals surface area contributed by atoms with Gasteiger partial charge in [-0.05, 0) is 18.6 Å². The molecule has 19 heavy (non-hydrogen) atoms. The fraction of sp³-hybridized carbons (Fsp3) is 0.353. The maximum absolute atomic E-state index is 4.73. The van der Waals surface area contributed by atoms with Crippen molar-refractivity contribution in [3.05, 3.63) is 54.5 Å². The third kappa shape index (κ3) is 3.34. The number of unbranched alkanes of at least 4 members (excludes halogenated alkanes) is 2. The molecule has 1 aromatic carbocycles. The van der Waals surface area contributed by atoms with Gasteiger partial charge in [-0.2, -0.15) is 0 Å². The summed E-state index contributed by atoms with van der Waals surface area (Å²) >= 11 is 0. The largest absolute Gasteiger partial charge is 0.344 e. The summed E-state index contributed by atoms with van der Waals surface area (Å²) in [5.41, 5.74) is 1.22. The van der Waals surface area contributed by atoms with Gasteiger partial charge in [-0.25, -0.2) is 0 Å². The van der Waals surface area contributed by atoms with Crippen molar-refractivity contribution in [2.24, 2.45) is 4.99 Å². The molecule has 2 rings (SSSR count). The van der Waals surface area contributed by atoms with Crippen molar-refractivity contribution in [1.82, 2.24) is 4.57 Å². The second kappa shape index (κ2) is 6.93. The number of fused-ring (bicyclic) bond motifs is 1. The third-order valence-electron chi connectivity index (χ3n) is 3.27. The number of aromatic nitrogens is 1. The summed E-state index contributed by atoms with van der Waals surface area (Å²) in [5, 5.41) is 2.33. The molecule has 0 aliphatic carbocycles. The van der Waals surface area contributed by atoms with Crippen LogP contribution in [0, 0.1) is 0 Å². The van der Waals surface area contributed by atoms with E-state index in [9.17, 15) is 0 Å². The van der Waals surface area contributed by atoms with E-state index in [1.54, 1.807) is 0 Å². The van der Waals surface area contributed by atoms with Gasteiger partial charge in [-0.3, -0.25) is 4.99 Å². The molecule has 0 saturated carbocycles. The average Bonchev–Trinajstić information content (AvgIpc) is 2.46. The number of para-hydroxylation sites is 1. The van der Waals surface area contributed by atoms with E-state index in [0.717, 1.165) is 18.4 Å². The topological polar surface area (TPSA) is 17.3 Å².